The second-order valence-electron chi connectivity index (χ2n) is 5.66. The summed E-state index contributed by atoms with van der Waals surface area (Å²) in [4.78, 5) is 43.6. The first-order valence-corrected chi connectivity index (χ1v) is 8.51. The van der Waals surface area contributed by atoms with Gasteiger partial charge in [0.05, 0.1) is 13.2 Å². The van der Waals surface area contributed by atoms with Gasteiger partial charge in [-0.1, -0.05) is 0 Å². The second kappa shape index (κ2) is 9.71. The summed E-state index contributed by atoms with van der Waals surface area (Å²) >= 11 is 0. The Kier molecular flexibility index (Phi) is 7.34. The van der Waals surface area contributed by atoms with Crippen LogP contribution in [0.4, 0.5) is 4.79 Å². The Bertz CT molecular complexity index is 644. The van der Waals surface area contributed by atoms with Crippen LogP contribution in [0, 0.1) is 0 Å². The zero-order valence-electron chi connectivity index (χ0n) is 15.1. The van der Waals surface area contributed by atoms with Crippen LogP contribution in [-0.2, 0) is 9.47 Å². The van der Waals surface area contributed by atoms with E-state index in [2.05, 4.69) is 10.3 Å². The topological polar surface area (TPSA) is 101 Å². The van der Waals surface area contributed by atoms with Gasteiger partial charge in [-0.25, -0.2) is 4.79 Å². The zero-order valence-corrected chi connectivity index (χ0v) is 15.1. The van der Waals surface area contributed by atoms with Gasteiger partial charge in [0.25, 0.3) is 11.8 Å². The van der Waals surface area contributed by atoms with Crippen LogP contribution in [0.3, 0.4) is 0 Å². The Balaban J connectivity index is 1.95. The van der Waals surface area contributed by atoms with E-state index in [1.807, 2.05) is 0 Å². The summed E-state index contributed by atoms with van der Waals surface area (Å²) in [7, 11) is 1.55. The van der Waals surface area contributed by atoms with Gasteiger partial charge in [0.2, 0.25) is 0 Å². The minimum atomic E-state index is -0.362. The van der Waals surface area contributed by atoms with Crippen LogP contribution in [0.1, 0.15) is 27.8 Å². The van der Waals surface area contributed by atoms with Crippen molar-refractivity contribution in [1.29, 1.82) is 0 Å². The Morgan fingerprint density at radius 1 is 1.19 bits per heavy atom. The first kappa shape index (κ1) is 19.6. The summed E-state index contributed by atoms with van der Waals surface area (Å²) in [5.74, 6) is -0.550. The van der Waals surface area contributed by atoms with Gasteiger partial charge in [0.15, 0.2) is 0 Å². The van der Waals surface area contributed by atoms with Gasteiger partial charge in [-0.15, -0.1) is 0 Å². The molecule has 1 aliphatic heterocycles. The minimum Gasteiger partial charge on any atom is -0.450 e. The van der Waals surface area contributed by atoms with Crippen molar-refractivity contribution in [1.82, 2.24) is 20.1 Å². The normalized spacial score (nSPS) is 14.1. The highest BCUT2D eigenvalue weighted by molar-refractivity contribution is 5.98. The fourth-order valence-corrected chi connectivity index (χ4v) is 2.53. The predicted octanol–water partition coefficient (Wildman–Crippen LogP) is 0.372. The van der Waals surface area contributed by atoms with E-state index in [4.69, 9.17) is 9.47 Å². The first-order valence-electron chi connectivity index (χ1n) is 8.51. The third kappa shape index (κ3) is 5.16. The van der Waals surface area contributed by atoms with E-state index in [9.17, 15) is 14.4 Å². The summed E-state index contributed by atoms with van der Waals surface area (Å²) in [6.07, 6.45) is 1.08. The van der Waals surface area contributed by atoms with Gasteiger partial charge < -0.3 is 24.6 Å². The van der Waals surface area contributed by atoms with Crippen LogP contribution >= 0.6 is 0 Å². The van der Waals surface area contributed by atoms with Crippen molar-refractivity contribution in [3.63, 3.8) is 0 Å². The summed E-state index contributed by atoms with van der Waals surface area (Å²) in [6, 6.07) is 3.05. The fraction of sp³-hybridized carbons (Fsp3) is 0.529. The van der Waals surface area contributed by atoms with Crippen molar-refractivity contribution in [3.05, 3.63) is 29.6 Å². The molecule has 1 aliphatic rings. The number of hydrogen-bond donors (Lipinski definition) is 1. The lowest BCUT2D eigenvalue weighted by Gasteiger charge is -2.34. The number of amides is 3. The van der Waals surface area contributed by atoms with Crippen molar-refractivity contribution in [2.24, 2.45) is 0 Å². The molecule has 9 nitrogen and oxygen atoms in total. The van der Waals surface area contributed by atoms with Crippen LogP contribution in [0.15, 0.2) is 18.3 Å². The van der Waals surface area contributed by atoms with Crippen LogP contribution in [0.5, 0.6) is 0 Å². The Labute approximate surface area is 152 Å². The van der Waals surface area contributed by atoms with Gasteiger partial charge >= 0.3 is 6.09 Å². The largest absolute Gasteiger partial charge is 0.450 e. The van der Waals surface area contributed by atoms with Crippen LogP contribution < -0.4 is 5.32 Å². The molecule has 0 aliphatic carbocycles. The highest BCUT2D eigenvalue weighted by Crippen LogP contribution is 2.10. The van der Waals surface area contributed by atoms with Gasteiger partial charge in [0.1, 0.15) is 5.69 Å². The third-order valence-corrected chi connectivity index (χ3v) is 3.92. The van der Waals surface area contributed by atoms with Crippen LogP contribution in [-0.4, -0.2) is 85.7 Å². The van der Waals surface area contributed by atoms with E-state index >= 15 is 0 Å². The lowest BCUT2D eigenvalue weighted by atomic mass is 10.1. The van der Waals surface area contributed by atoms with E-state index in [-0.39, 0.29) is 23.6 Å². The molecule has 0 radical (unpaired) electrons. The molecule has 9 heteroatoms. The molecular formula is C17H24N4O5. The second-order valence-corrected chi connectivity index (χ2v) is 5.66. The molecule has 0 bridgehead atoms. The number of nitrogens with zero attached hydrogens (tertiary/aromatic N) is 3. The number of carbonyl (C=O) groups excluding carboxylic acids is 3. The molecule has 3 amide bonds. The van der Waals surface area contributed by atoms with Crippen molar-refractivity contribution >= 4 is 17.9 Å². The Morgan fingerprint density at radius 2 is 1.88 bits per heavy atom. The van der Waals surface area contributed by atoms with Gasteiger partial charge in [-0.05, 0) is 19.1 Å². The number of hydrogen-bond acceptors (Lipinski definition) is 6. The SMILES string of the molecule is CCOC(=O)N1CCN(C(=O)c2ccnc(C(=O)NCCOC)c2)CC1. The molecule has 0 spiro atoms. The predicted molar refractivity (Wildman–Crippen MR) is 92.9 cm³/mol. The molecule has 2 rings (SSSR count). The maximum absolute atomic E-state index is 12.6. The standard InChI is InChI=1S/C17H24N4O5/c1-3-26-17(24)21-9-7-20(8-10-21)16(23)13-4-5-18-14(12-13)15(22)19-6-11-25-2/h4-5,12H,3,6-11H2,1-2H3,(H,19,22). The van der Waals surface area contributed by atoms with Crippen LogP contribution in [0.25, 0.3) is 0 Å². The van der Waals surface area contributed by atoms with E-state index in [1.165, 1.54) is 12.3 Å². The molecule has 1 aromatic rings. The molecule has 0 saturated carbocycles. The van der Waals surface area contributed by atoms with Gasteiger partial charge in [-0.3, -0.25) is 14.6 Å². The molecule has 2 heterocycles. The summed E-state index contributed by atoms with van der Waals surface area (Å²) < 4.78 is 9.84. The van der Waals surface area contributed by atoms with E-state index in [1.54, 1.807) is 29.9 Å². The minimum absolute atomic E-state index is 0.178. The molecule has 142 valence electrons. The number of carbonyl (C=O) groups is 3. The zero-order chi connectivity index (χ0) is 18.9. The van der Waals surface area contributed by atoms with Gasteiger partial charge in [-0.2, -0.15) is 0 Å². The Morgan fingerprint density at radius 3 is 2.54 bits per heavy atom. The number of pyridine rings is 1. The number of piperazine rings is 1. The molecule has 0 atom stereocenters. The van der Waals surface area contributed by atoms with Crippen molar-refractivity contribution in [3.8, 4) is 0 Å². The summed E-state index contributed by atoms with van der Waals surface area (Å²) in [5, 5.41) is 2.67. The van der Waals surface area contributed by atoms with E-state index < -0.39 is 0 Å². The number of aromatic nitrogens is 1. The van der Waals surface area contributed by atoms with E-state index in [0.29, 0.717) is 51.5 Å². The lowest BCUT2D eigenvalue weighted by Crippen LogP contribution is -2.50. The third-order valence-electron chi connectivity index (χ3n) is 3.92. The summed E-state index contributed by atoms with van der Waals surface area (Å²) in [5.41, 5.74) is 0.568. The number of nitrogens with one attached hydrogen (secondary N) is 1. The van der Waals surface area contributed by atoms with Crippen molar-refractivity contribution < 1.29 is 23.9 Å². The lowest BCUT2D eigenvalue weighted by molar-refractivity contribution is 0.0570. The highest BCUT2D eigenvalue weighted by Gasteiger charge is 2.26. The average Bonchev–Trinajstić information content (AvgIpc) is 2.68. The van der Waals surface area contributed by atoms with E-state index in [0.717, 1.165) is 0 Å². The molecule has 1 saturated heterocycles. The fourth-order valence-electron chi connectivity index (χ4n) is 2.53. The average molecular weight is 364 g/mol. The number of ether oxygens (including phenoxy) is 2. The maximum Gasteiger partial charge on any atom is 0.409 e. The Hall–Kier alpha value is -2.68. The molecule has 1 fully saturated rings. The molecule has 1 aromatic heterocycles. The first-order chi connectivity index (χ1) is 12.6. The smallest absolute Gasteiger partial charge is 0.409 e. The van der Waals surface area contributed by atoms with Crippen LogP contribution in [0.2, 0.25) is 0 Å². The monoisotopic (exact) mass is 364 g/mol. The number of rotatable bonds is 6. The highest BCUT2D eigenvalue weighted by atomic mass is 16.6. The molecule has 0 aromatic carbocycles. The molecule has 26 heavy (non-hydrogen) atoms. The summed E-state index contributed by atoms with van der Waals surface area (Å²) in [6.45, 7) is 4.50. The quantitative estimate of drug-likeness (QED) is 0.732. The number of methoxy groups -OCH3 is 1. The molecule has 1 N–H and O–H groups in total. The maximum atomic E-state index is 12.6. The van der Waals surface area contributed by atoms with Crippen molar-refractivity contribution in [2.75, 3.05) is 53.0 Å². The van der Waals surface area contributed by atoms with Gasteiger partial charge in [0, 0.05) is 51.6 Å². The van der Waals surface area contributed by atoms with Crippen molar-refractivity contribution in [2.45, 2.75) is 6.92 Å². The molecular weight excluding hydrogens is 340 g/mol. The molecule has 0 unspecified atom stereocenters.